The van der Waals surface area contributed by atoms with Crippen LogP contribution in [0.2, 0.25) is 23.2 Å². The summed E-state index contributed by atoms with van der Waals surface area (Å²) >= 11 is 5.88. The van der Waals surface area contributed by atoms with Gasteiger partial charge in [-0.15, -0.1) is 0 Å². The molecule has 0 aromatic heterocycles. The zero-order valence-electron chi connectivity index (χ0n) is 12.5. The molecule has 20 heavy (non-hydrogen) atoms. The molecule has 1 aliphatic rings. The Morgan fingerprint density at radius 2 is 1.85 bits per heavy atom. The van der Waals surface area contributed by atoms with Gasteiger partial charge in [-0.25, -0.2) is 0 Å². The van der Waals surface area contributed by atoms with Crippen molar-refractivity contribution >= 4 is 20.4 Å². The van der Waals surface area contributed by atoms with Gasteiger partial charge in [0.05, 0.1) is 6.61 Å². The van der Waals surface area contributed by atoms with Gasteiger partial charge >= 0.3 is 0 Å². The first-order chi connectivity index (χ1) is 9.78. The second-order valence-electron chi connectivity index (χ2n) is 5.92. The third kappa shape index (κ3) is 5.49. The highest BCUT2D eigenvalue weighted by atomic mass is 35.5. The summed E-state index contributed by atoms with van der Waals surface area (Å²) in [5, 5.41) is 0.773. The topological polar surface area (TPSA) is 9.23 Å². The van der Waals surface area contributed by atoms with Gasteiger partial charge in [-0.2, -0.15) is 0 Å². The van der Waals surface area contributed by atoms with E-state index in [4.69, 9.17) is 16.3 Å². The second-order valence-corrected chi connectivity index (χ2v) is 9.35. The molecule has 0 aliphatic carbocycles. The Bertz CT molecular complexity index is 371. The molecule has 1 aromatic carbocycles. The smallest absolute Gasteiger partial charge is 0.119 e. The minimum absolute atomic E-state index is 0.0135. The Balaban J connectivity index is 1.63. The lowest BCUT2D eigenvalue weighted by Crippen LogP contribution is -2.24. The van der Waals surface area contributed by atoms with E-state index >= 15 is 0 Å². The Morgan fingerprint density at radius 1 is 1.15 bits per heavy atom. The van der Waals surface area contributed by atoms with Crippen LogP contribution in [-0.4, -0.2) is 15.4 Å². The number of halogens is 1. The van der Waals surface area contributed by atoms with Crippen LogP contribution in [0.15, 0.2) is 24.3 Å². The molecule has 3 heteroatoms. The molecule has 111 valence electrons. The van der Waals surface area contributed by atoms with E-state index in [1.807, 2.05) is 24.3 Å². The molecule has 1 radical (unpaired) electrons. The average molecular weight is 310 g/mol. The van der Waals surface area contributed by atoms with Gasteiger partial charge in [0, 0.05) is 13.8 Å². The average Bonchev–Trinajstić information content (AvgIpc) is 2.48. The van der Waals surface area contributed by atoms with Crippen LogP contribution in [0.3, 0.4) is 0 Å². The maximum atomic E-state index is 5.89. The highest BCUT2D eigenvalue weighted by molar-refractivity contribution is 6.58. The fraction of sp³-hybridized carbons (Fsp3) is 0.647. The molecular formula is C17H26ClOSi. The van der Waals surface area contributed by atoms with E-state index < -0.39 is 0 Å². The van der Waals surface area contributed by atoms with Crippen molar-refractivity contribution < 1.29 is 4.74 Å². The fourth-order valence-corrected chi connectivity index (χ4v) is 6.13. The number of rotatable bonds is 7. The molecule has 1 fully saturated rings. The van der Waals surface area contributed by atoms with E-state index in [1.54, 1.807) is 6.04 Å². The second kappa shape index (κ2) is 8.73. The number of hydrogen-bond acceptors (Lipinski definition) is 1. The van der Waals surface area contributed by atoms with E-state index in [9.17, 15) is 0 Å². The largest absolute Gasteiger partial charge is 0.493 e. The predicted octanol–water partition coefficient (Wildman–Crippen LogP) is 5.81. The van der Waals surface area contributed by atoms with E-state index in [2.05, 4.69) is 6.92 Å². The number of ether oxygens (including phenoxy) is 1. The van der Waals surface area contributed by atoms with Crippen molar-refractivity contribution in [3.63, 3.8) is 0 Å². The van der Waals surface area contributed by atoms with Gasteiger partial charge in [-0.3, -0.25) is 0 Å². The Kier molecular flexibility index (Phi) is 6.95. The molecule has 0 saturated carbocycles. The van der Waals surface area contributed by atoms with Crippen LogP contribution in [-0.2, 0) is 0 Å². The van der Waals surface area contributed by atoms with Crippen LogP contribution >= 0.6 is 11.6 Å². The van der Waals surface area contributed by atoms with Gasteiger partial charge in [0.2, 0.25) is 0 Å². The van der Waals surface area contributed by atoms with Crippen LogP contribution in [0, 0.1) is 5.92 Å². The van der Waals surface area contributed by atoms with Crippen molar-refractivity contribution in [3.05, 3.63) is 29.3 Å². The summed E-state index contributed by atoms with van der Waals surface area (Å²) in [6.07, 6.45) is 7.02. The zero-order chi connectivity index (χ0) is 14.2. The summed E-state index contributed by atoms with van der Waals surface area (Å²) in [7, 11) is -0.0135. The van der Waals surface area contributed by atoms with Gasteiger partial charge < -0.3 is 4.74 Å². The van der Waals surface area contributed by atoms with Gasteiger partial charge in [-0.1, -0.05) is 55.9 Å². The van der Waals surface area contributed by atoms with Crippen molar-refractivity contribution in [2.45, 2.75) is 57.2 Å². The van der Waals surface area contributed by atoms with Crippen LogP contribution in [0.25, 0.3) is 0 Å². The van der Waals surface area contributed by atoms with Crippen molar-refractivity contribution in [1.82, 2.24) is 0 Å². The highest BCUT2D eigenvalue weighted by Gasteiger charge is 2.22. The van der Waals surface area contributed by atoms with Crippen LogP contribution in [0.5, 0.6) is 5.75 Å². The zero-order valence-corrected chi connectivity index (χ0v) is 14.3. The maximum Gasteiger partial charge on any atom is 0.119 e. The third-order valence-corrected chi connectivity index (χ3v) is 7.55. The highest BCUT2D eigenvalue weighted by Crippen LogP contribution is 2.29. The third-order valence-electron chi connectivity index (χ3n) is 4.25. The molecule has 1 aliphatic heterocycles. The quantitative estimate of drug-likeness (QED) is 0.456. The Hall–Kier alpha value is -0.473. The van der Waals surface area contributed by atoms with E-state index in [0.717, 1.165) is 23.3 Å². The van der Waals surface area contributed by atoms with Gasteiger partial charge in [0.15, 0.2) is 0 Å². The summed E-state index contributed by atoms with van der Waals surface area (Å²) in [6.45, 7) is 3.17. The molecule has 0 bridgehead atoms. The number of hydrogen-bond donors (Lipinski definition) is 0. The lowest BCUT2D eigenvalue weighted by atomic mass is 10.0. The molecule has 0 unspecified atom stereocenters. The standard InChI is InChI=1S/C17H26ClOSi/c1-2-3-4-11-20-12-9-15(10-13-20)14-19-17-7-5-16(18)6-8-17/h5-8,15H,2-4,9-14H2,1H3. The summed E-state index contributed by atoms with van der Waals surface area (Å²) in [5.41, 5.74) is 0. The molecule has 1 aromatic rings. The maximum absolute atomic E-state index is 5.89. The van der Waals surface area contributed by atoms with Crippen molar-refractivity contribution in [3.8, 4) is 5.75 Å². The van der Waals surface area contributed by atoms with Crippen molar-refractivity contribution in [2.75, 3.05) is 6.61 Å². The van der Waals surface area contributed by atoms with E-state index in [1.165, 1.54) is 44.2 Å². The summed E-state index contributed by atoms with van der Waals surface area (Å²) in [5.74, 6) is 1.72. The SMILES string of the molecule is CCCCC[Si]1CCC(COc2ccc(Cl)cc2)CC1. The lowest BCUT2D eigenvalue weighted by molar-refractivity contribution is 0.236. The van der Waals surface area contributed by atoms with E-state index in [0.29, 0.717) is 0 Å². The minimum atomic E-state index is -0.0135. The lowest BCUT2D eigenvalue weighted by Gasteiger charge is -2.27. The first kappa shape index (κ1) is 15.9. The molecule has 0 amide bonds. The van der Waals surface area contributed by atoms with Gasteiger partial charge in [-0.05, 0) is 43.0 Å². The Labute approximate surface area is 130 Å². The van der Waals surface area contributed by atoms with Gasteiger partial charge in [0.1, 0.15) is 5.75 Å². The van der Waals surface area contributed by atoms with Crippen LogP contribution in [0.1, 0.15) is 39.0 Å². The van der Waals surface area contributed by atoms with E-state index in [-0.39, 0.29) is 8.80 Å². The summed E-state index contributed by atoms with van der Waals surface area (Å²) in [4.78, 5) is 0. The van der Waals surface area contributed by atoms with Crippen LogP contribution < -0.4 is 4.74 Å². The molecule has 0 spiro atoms. The van der Waals surface area contributed by atoms with Crippen molar-refractivity contribution in [2.24, 2.45) is 5.92 Å². The van der Waals surface area contributed by atoms with Crippen LogP contribution in [0.4, 0.5) is 0 Å². The molecular weight excluding hydrogens is 284 g/mol. The van der Waals surface area contributed by atoms with Crippen molar-refractivity contribution in [1.29, 1.82) is 0 Å². The summed E-state index contributed by atoms with van der Waals surface area (Å²) in [6, 6.07) is 12.3. The molecule has 1 nitrogen and oxygen atoms in total. The normalized spacial score (nSPS) is 17.3. The molecule has 0 N–H and O–H groups in total. The molecule has 1 heterocycles. The molecule has 1 saturated heterocycles. The molecule has 2 rings (SSSR count). The summed E-state index contributed by atoms with van der Waals surface area (Å²) < 4.78 is 5.89. The van der Waals surface area contributed by atoms with Gasteiger partial charge in [0.25, 0.3) is 0 Å². The first-order valence-corrected chi connectivity index (χ1v) is 10.5. The predicted molar refractivity (Wildman–Crippen MR) is 89.4 cm³/mol. The monoisotopic (exact) mass is 309 g/mol. The number of unbranched alkanes of at least 4 members (excludes halogenated alkanes) is 2. The Morgan fingerprint density at radius 3 is 2.50 bits per heavy atom. The fourth-order valence-electron chi connectivity index (χ4n) is 2.87. The number of benzene rings is 1. The first-order valence-electron chi connectivity index (χ1n) is 8.00. The minimum Gasteiger partial charge on any atom is -0.493 e. The molecule has 0 atom stereocenters.